The Kier molecular flexibility index (Phi) is 1.76. The molecule has 0 aliphatic heterocycles. The topological polar surface area (TPSA) is 0 Å². The lowest BCUT2D eigenvalue weighted by Gasteiger charge is -2.33. The highest BCUT2D eigenvalue weighted by Crippen LogP contribution is 2.58. The first-order valence-corrected chi connectivity index (χ1v) is 6.24. The fourth-order valence-electron chi connectivity index (χ4n) is 3.55. The Hall–Kier alpha value is 0. The van der Waals surface area contributed by atoms with Crippen LogP contribution in [0.4, 0.5) is 0 Å². The van der Waals surface area contributed by atoms with Crippen molar-refractivity contribution in [2.24, 2.45) is 35.5 Å². The van der Waals surface area contributed by atoms with Crippen LogP contribution in [0.5, 0.6) is 0 Å². The van der Waals surface area contributed by atoms with Crippen molar-refractivity contribution in [3.63, 3.8) is 0 Å². The highest BCUT2D eigenvalue weighted by atomic mass is 14.5. The van der Waals surface area contributed by atoms with Gasteiger partial charge in [0.2, 0.25) is 0 Å². The third kappa shape index (κ3) is 1.53. The van der Waals surface area contributed by atoms with E-state index in [1.165, 1.54) is 11.8 Å². The quantitative estimate of drug-likeness (QED) is 0.618. The molecule has 0 aromatic rings. The molecule has 3 aliphatic carbocycles. The van der Waals surface area contributed by atoms with Crippen molar-refractivity contribution < 1.29 is 0 Å². The summed E-state index contributed by atoms with van der Waals surface area (Å²) in [6, 6.07) is 0. The Labute approximate surface area is 82.1 Å². The minimum atomic E-state index is 1.06. The van der Waals surface area contributed by atoms with Crippen LogP contribution in [-0.4, -0.2) is 0 Å². The molecule has 0 saturated heterocycles. The van der Waals surface area contributed by atoms with Gasteiger partial charge in [0, 0.05) is 0 Å². The zero-order valence-corrected chi connectivity index (χ0v) is 9.00. The molecule has 0 radical (unpaired) electrons. The van der Waals surface area contributed by atoms with Crippen molar-refractivity contribution in [1.29, 1.82) is 0 Å². The van der Waals surface area contributed by atoms with E-state index in [0.717, 1.165) is 23.7 Å². The van der Waals surface area contributed by atoms with E-state index in [9.17, 15) is 0 Å². The SMILES string of the molecule is CC1CC(C2CC2CC2CC2C)C1. The summed E-state index contributed by atoms with van der Waals surface area (Å²) in [6.45, 7) is 4.84. The normalized spacial score (nSPS) is 58.6. The summed E-state index contributed by atoms with van der Waals surface area (Å²) in [5.41, 5.74) is 0. The maximum absolute atomic E-state index is 2.42. The lowest BCUT2D eigenvalue weighted by Crippen LogP contribution is -2.23. The van der Waals surface area contributed by atoms with Crippen LogP contribution in [0.1, 0.15) is 46.0 Å². The van der Waals surface area contributed by atoms with Crippen LogP contribution < -0.4 is 0 Å². The van der Waals surface area contributed by atoms with Gasteiger partial charge in [0.05, 0.1) is 0 Å². The predicted octanol–water partition coefficient (Wildman–Crippen LogP) is 3.71. The van der Waals surface area contributed by atoms with Gasteiger partial charge < -0.3 is 0 Å². The Bertz CT molecular complexity index is 202. The molecule has 0 aromatic heterocycles. The highest BCUT2D eigenvalue weighted by molar-refractivity contribution is 4.99. The Morgan fingerprint density at radius 2 is 1.62 bits per heavy atom. The van der Waals surface area contributed by atoms with Gasteiger partial charge in [-0.3, -0.25) is 0 Å². The minimum absolute atomic E-state index is 1.06. The molecule has 13 heavy (non-hydrogen) atoms. The first kappa shape index (κ1) is 8.32. The molecule has 0 heteroatoms. The van der Waals surface area contributed by atoms with E-state index in [1.807, 2.05) is 0 Å². The van der Waals surface area contributed by atoms with Gasteiger partial charge in [-0.05, 0) is 67.6 Å². The largest absolute Gasteiger partial charge is 0.0625 e. The van der Waals surface area contributed by atoms with Gasteiger partial charge in [-0.2, -0.15) is 0 Å². The van der Waals surface area contributed by atoms with Crippen LogP contribution >= 0.6 is 0 Å². The molecule has 0 spiro atoms. The first-order chi connectivity index (χ1) is 6.24. The zero-order valence-electron chi connectivity index (χ0n) is 9.00. The molecule has 3 aliphatic rings. The summed E-state index contributed by atoms with van der Waals surface area (Å²) in [5, 5.41) is 0. The van der Waals surface area contributed by atoms with E-state index in [0.29, 0.717) is 0 Å². The molecule has 4 unspecified atom stereocenters. The molecule has 74 valence electrons. The number of rotatable bonds is 3. The molecule has 3 saturated carbocycles. The van der Waals surface area contributed by atoms with Crippen molar-refractivity contribution >= 4 is 0 Å². The lowest BCUT2D eigenvalue weighted by molar-refractivity contribution is 0.176. The van der Waals surface area contributed by atoms with E-state index >= 15 is 0 Å². The van der Waals surface area contributed by atoms with Gasteiger partial charge in [-0.1, -0.05) is 13.8 Å². The van der Waals surface area contributed by atoms with E-state index in [2.05, 4.69) is 13.8 Å². The average molecular weight is 178 g/mol. The predicted molar refractivity (Wildman–Crippen MR) is 55.4 cm³/mol. The van der Waals surface area contributed by atoms with Gasteiger partial charge in [0.1, 0.15) is 0 Å². The molecule has 0 amide bonds. The van der Waals surface area contributed by atoms with E-state index < -0.39 is 0 Å². The molecule has 0 N–H and O–H groups in total. The Morgan fingerprint density at radius 1 is 0.923 bits per heavy atom. The lowest BCUT2D eigenvalue weighted by atomic mass is 9.73. The third-order valence-corrected chi connectivity index (χ3v) is 4.87. The summed E-state index contributed by atoms with van der Waals surface area (Å²) < 4.78 is 0. The maximum Gasteiger partial charge on any atom is -0.0354 e. The van der Waals surface area contributed by atoms with Crippen molar-refractivity contribution in [3.8, 4) is 0 Å². The van der Waals surface area contributed by atoms with Gasteiger partial charge in [-0.25, -0.2) is 0 Å². The Morgan fingerprint density at radius 3 is 2.15 bits per heavy atom. The average Bonchev–Trinajstić information content (AvgIpc) is 2.88. The van der Waals surface area contributed by atoms with Gasteiger partial charge in [0.15, 0.2) is 0 Å². The van der Waals surface area contributed by atoms with Gasteiger partial charge in [0.25, 0.3) is 0 Å². The first-order valence-electron chi connectivity index (χ1n) is 6.24. The molecule has 3 fully saturated rings. The summed E-state index contributed by atoms with van der Waals surface area (Å²) in [7, 11) is 0. The van der Waals surface area contributed by atoms with Gasteiger partial charge >= 0.3 is 0 Å². The molecular formula is C13H22. The Balaban J connectivity index is 1.41. The van der Waals surface area contributed by atoms with Crippen LogP contribution in [-0.2, 0) is 0 Å². The molecule has 0 bridgehead atoms. The highest BCUT2D eigenvalue weighted by Gasteiger charge is 2.49. The second kappa shape index (κ2) is 2.74. The molecule has 3 rings (SSSR count). The monoisotopic (exact) mass is 178 g/mol. The smallest absolute Gasteiger partial charge is 0.0354 e. The van der Waals surface area contributed by atoms with Crippen LogP contribution in [0, 0.1) is 35.5 Å². The zero-order chi connectivity index (χ0) is 9.00. The fourth-order valence-corrected chi connectivity index (χ4v) is 3.55. The fraction of sp³-hybridized carbons (Fsp3) is 1.00. The summed E-state index contributed by atoms with van der Waals surface area (Å²) in [6.07, 6.45) is 7.85. The number of hydrogen-bond donors (Lipinski definition) is 0. The molecule has 4 atom stereocenters. The minimum Gasteiger partial charge on any atom is -0.0625 e. The van der Waals surface area contributed by atoms with Crippen molar-refractivity contribution in [2.45, 2.75) is 46.0 Å². The molecule has 0 heterocycles. The van der Waals surface area contributed by atoms with Crippen molar-refractivity contribution in [3.05, 3.63) is 0 Å². The summed E-state index contributed by atoms with van der Waals surface area (Å²) in [4.78, 5) is 0. The van der Waals surface area contributed by atoms with Crippen LogP contribution in [0.3, 0.4) is 0 Å². The van der Waals surface area contributed by atoms with Crippen LogP contribution in [0.15, 0.2) is 0 Å². The van der Waals surface area contributed by atoms with E-state index in [-0.39, 0.29) is 0 Å². The van der Waals surface area contributed by atoms with Gasteiger partial charge in [-0.15, -0.1) is 0 Å². The van der Waals surface area contributed by atoms with E-state index in [4.69, 9.17) is 0 Å². The van der Waals surface area contributed by atoms with E-state index in [1.54, 1.807) is 32.1 Å². The second-order valence-electron chi connectivity index (χ2n) is 6.21. The van der Waals surface area contributed by atoms with Crippen molar-refractivity contribution in [1.82, 2.24) is 0 Å². The standard InChI is InChI=1S/C13H22/c1-8-3-11(4-8)13-7-12(13)6-10-5-9(10)2/h8-13H,3-7H2,1-2H3. The maximum atomic E-state index is 2.42. The van der Waals surface area contributed by atoms with Crippen LogP contribution in [0.25, 0.3) is 0 Å². The number of hydrogen-bond acceptors (Lipinski definition) is 0. The molecule has 0 aromatic carbocycles. The second-order valence-corrected chi connectivity index (χ2v) is 6.21. The molecular weight excluding hydrogens is 156 g/mol. The summed E-state index contributed by atoms with van der Waals surface area (Å²) in [5.74, 6) is 6.81. The summed E-state index contributed by atoms with van der Waals surface area (Å²) >= 11 is 0. The molecule has 0 nitrogen and oxygen atoms in total. The van der Waals surface area contributed by atoms with Crippen LogP contribution in [0.2, 0.25) is 0 Å². The van der Waals surface area contributed by atoms with Crippen molar-refractivity contribution in [2.75, 3.05) is 0 Å². The third-order valence-electron chi connectivity index (χ3n) is 4.87.